The van der Waals surface area contributed by atoms with Crippen molar-refractivity contribution in [2.45, 2.75) is 18.9 Å². The van der Waals surface area contributed by atoms with Crippen LogP contribution in [0, 0.1) is 0 Å². The third kappa shape index (κ3) is 2.34. The predicted molar refractivity (Wildman–Crippen MR) is 47.4 cm³/mol. The monoisotopic (exact) mass is 197 g/mol. The van der Waals surface area contributed by atoms with Crippen LogP contribution in [0.5, 0.6) is 0 Å². The standard InChI is InChI=1S/C9H11NO4/c10-6(4-11)1-5-2-7(12)9(14)8(13)3-5/h2,6,11H,1,3-4,10H2/t6-/m0/s1. The first-order chi connectivity index (χ1) is 6.54. The van der Waals surface area contributed by atoms with Crippen LogP contribution in [-0.4, -0.2) is 35.1 Å². The van der Waals surface area contributed by atoms with E-state index in [2.05, 4.69) is 0 Å². The van der Waals surface area contributed by atoms with E-state index in [9.17, 15) is 14.4 Å². The Morgan fingerprint density at radius 2 is 2.07 bits per heavy atom. The van der Waals surface area contributed by atoms with Gasteiger partial charge in [0.15, 0.2) is 0 Å². The van der Waals surface area contributed by atoms with Gasteiger partial charge in [-0.25, -0.2) is 0 Å². The number of aliphatic hydroxyl groups excluding tert-OH is 1. The topological polar surface area (TPSA) is 97.5 Å². The molecule has 0 heterocycles. The van der Waals surface area contributed by atoms with Crippen molar-refractivity contribution in [3.63, 3.8) is 0 Å². The second kappa shape index (κ2) is 4.26. The van der Waals surface area contributed by atoms with Gasteiger partial charge in [0, 0.05) is 12.5 Å². The Hall–Kier alpha value is -1.33. The highest BCUT2D eigenvalue weighted by Gasteiger charge is 2.27. The molecule has 0 aromatic carbocycles. The van der Waals surface area contributed by atoms with Crippen molar-refractivity contribution in [2.75, 3.05) is 6.61 Å². The van der Waals surface area contributed by atoms with E-state index in [0.29, 0.717) is 5.57 Å². The average Bonchev–Trinajstić information content (AvgIpc) is 2.14. The number of carbonyl (C=O) groups excluding carboxylic acids is 3. The van der Waals surface area contributed by atoms with E-state index in [1.54, 1.807) is 0 Å². The lowest BCUT2D eigenvalue weighted by molar-refractivity contribution is -0.142. The Balaban J connectivity index is 2.72. The minimum atomic E-state index is -0.966. The van der Waals surface area contributed by atoms with E-state index < -0.39 is 23.4 Å². The summed E-state index contributed by atoms with van der Waals surface area (Å²) in [5, 5.41) is 8.66. The summed E-state index contributed by atoms with van der Waals surface area (Å²) in [5.41, 5.74) is 5.95. The molecule has 0 saturated heterocycles. The average molecular weight is 197 g/mol. The molecule has 3 N–H and O–H groups in total. The molecule has 0 amide bonds. The van der Waals surface area contributed by atoms with Crippen LogP contribution in [-0.2, 0) is 14.4 Å². The first-order valence-electron chi connectivity index (χ1n) is 4.22. The molecule has 0 aromatic rings. The lowest BCUT2D eigenvalue weighted by atomic mass is 9.92. The molecule has 5 heteroatoms. The van der Waals surface area contributed by atoms with Gasteiger partial charge in [-0.05, 0) is 12.5 Å². The molecule has 0 unspecified atom stereocenters. The predicted octanol–water partition coefficient (Wildman–Crippen LogP) is -1.27. The van der Waals surface area contributed by atoms with Gasteiger partial charge in [-0.2, -0.15) is 0 Å². The summed E-state index contributed by atoms with van der Waals surface area (Å²) < 4.78 is 0. The van der Waals surface area contributed by atoms with Gasteiger partial charge < -0.3 is 10.8 Å². The molecule has 1 aliphatic carbocycles. The Kier molecular flexibility index (Phi) is 3.27. The number of hydrogen-bond donors (Lipinski definition) is 2. The lowest BCUT2D eigenvalue weighted by Gasteiger charge is -2.13. The van der Waals surface area contributed by atoms with Gasteiger partial charge in [0.25, 0.3) is 5.78 Å². The summed E-state index contributed by atoms with van der Waals surface area (Å²) in [6.07, 6.45) is 1.35. The highest BCUT2D eigenvalue weighted by Crippen LogP contribution is 2.14. The zero-order valence-corrected chi connectivity index (χ0v) is 7.53. The van der Waals surface area contributed by atoms with Crippen LogP contribution in [0.1, 0.15) is 12.8 Å². The van der Waals surface area contributed by atoms with Crippen LogP contribution in [0.15, 0.2) is 11.6 Å². The summed E-state index contributed by atoms with van der Waals surface area (Å²) >= 11 is 0. The largest absolute Gasteiger partial charge is 0.395 e. The lowest BCUT2D eigenvalue weighted by Crippen LogP contribution is -2.31. The number of nitrogens with two attached hydrogens (primary N) is 1. The smallest absolute Gasteiger partial charge is 0.268 e. The number of rotatable bonds is 3. The van der Waals surface area contributed by atoms with Gasteiger partial charge in [-0.3, -0.25) is 14.4 Å². The normalized spacial score (nSPS) is 19.6. The van der Waals surface area contributed by atoms with Crippen LogP contribution >= 0.6 is 0 Å². The maximum Gasteiger partial charge on any atom is 0.268 e. The molecule has 0 aliphatic heterocycles. The molecule has 1 aliphatic rings. The van der Waals surface area contributed by atoms with Gasteiger partial charge in [0.1, 0.15) is 0 Å². The van der Waals surface area contributed by atoms with Gasteiger partial charge in [0.05, 0.1) is 6.61 Å². The van der Waals surface area contributed by atoms with Crippen molar-refractivity contribution in [1.29, 1.82) is 0 Å². The van der Waals surface area contributed by atoms with E-state index >= 15 is 0 Å². The molecule has 76 valence electrons. The van der Waals surface area contributed by atoms with Crippen molar-refractivity contribution in [3.05, 3.63) is 11.6 Å². The van der Waals surface area contributed by atoms with E-state index in [1.165, 1.54) is 0 Å². The van der Waals surface area contributed by atoms with Gasteiger partial charge in [-0.1, -0.05) is 5.57 Å². The summed E-state index contributed by atoms with van der Waals surface area (Å²) in [5.74, 6) is -2.45. The molecule has 5 nitrogen and oxygen atoms in total. The molecule has 1 atom stereocenters. The Bertz CT molecular complexity index is 319. The Morgan fingerprint density at radius 1 is 1.43 bits per heavy atom. The number of carbonyl (C=O) groups is 3. The SMILES string of the molecule is N[C@H](CO)CC1=CC(=O)C(=O)C(=O)C1. The molecule has 14 heavy (non-hydrogen) atoms. The molecule has 1 rings (SSSR count). The maximum absolute atomic E-state index is 11.0. The molecule has 0 fully saturated rings. The summed E-state index contributed by atoms with van der Waals surface area (Å²) in [4.78, 5) is 32.7. The van der Waals surface area contributed by atoms with Crippen molar-refractivity contribution in [2.24, 2.45) is 5.73 Å². The fourth-order valence-electron chi connectivity index (χ4n) is 1.26. The highest BCUT2D eigenvalue weighted by atomic mass is 16.3. The third-order valence-corrected chi connectivity index (χ3v) is 1.96. The van der Waals surface area contributed by atoms with Crippen LogP contribution in [0.2, 0.25) is 0 Å². The fraction of sp³-hybridized carbons (Fsp3) is 0.444. The highest BCUT2D eigenvalue weighted by molar-refractivity contribution is 6.67. The van der Waals surface area contributed by atoms with Crippen LogP contribution in [0.3, 0.4) is 0 Å². The zero-order chi connectivity index (χ0) is 10.7. The molecule has 0 radical (unpaired) electrons. The zero-order valence-electron chi connectivity index (χ0n) is 7.53. The molecular weight excluding hydrogens is 186 g/mol. The van der Waals surface area contributed by atoms with Crippen LogP contribution in [0.4, 0.5) is 0 Å². The van der Waals surface area contributed by atoms with Crippen molar-refractivity contribution < 1.29 is 19.5 Å². The van der Waals surface area contributed by atoms with E-state index in [0.717, 1.165) is 6.08 Å². The summed E-state index contributed by atoms with van der Waals surface area (Å²) in [7, 11) is 0. The second-order valence-electron chi connectivity index (χ2n) is 3.24. The Labute approximate surface area is 80.6 Å². The number of ketones is 3. The van der Waals surface area contributed by atoms with Crippen LogP contribution < -0.4 is 5.73 Å². The molecule has 0 saturated carbocycles. The quantitative estimate of drug-likeness (QED) is 0.550. The van der Waals surface area contributed by atoms with Gasteiger partial charge in [-0.15, -0.1) is 0 Å². The summed E-state index contributed by atoms with van der Waals surface area (Å²) in [6.45, 7) is -0.215. The van der Waals surface area contributed by atoms with Crippen LogP contribution in [0.25, 0.3) is 0 Å². The van der Waals surface area contributed by atoms with Crippen molar-refractivity contribution in [1.82, 2.24) is 0 Å². The molecule has 0 bridgehead atoms. The first-order valence-corrected chi connectivity index (χ1v) is 4.22. The van der Waals surface area contributed by atoms with Gasteiger partial charge in [0.2, 0.25) is 11.6 Å². The number of Topliss-reactive ketones (excluding diaryl/α,β-unsaturated/α-hetero) is 2. The van der Waals surface area contributed by atoms with E-state index in [4.69, 9.17) is 10.8 Å². The minimum absolute atomic E-state index is 0.0573. The molecular formula is C9H11NO4. The minimum Gasteiger partial charge on any atom is -0.395 e. The number of allylic oxidation sites excluding steroid dienone is 1. The van der Waals surface area contributed by atoms with Crippen molar-refractivity contribution >= 4 is 17.3 Å². The summed E-state index contributed by atoms with van der Waals surface area (Å²) in [6, 6.07) is -0.491. The molecule has 0 aromatic heterocycles. The number of aliphatic hydroxyl groups is 1. The van der Waals surface area contributed by atoms with Crippen molar-refractivity contribution in [3.8, 4) is 0 Å². The Morgan fingerprint density at radius 3 is 2.57 bits per heavy atom. The third-order valence-electron chi connectivity index (χ3n) is 1.96. The fourth-order valence-corrected chi connectivity index (χ4v) is 1.26. The second-order valence-corrected chi connectivity index (χ2v) is 3.24. The van der Waals surface area contributed by atoms with E-state index in [1.807, 2.05) is 0 Å². The first kappa shape index (κ1) is 10.7. The van der Waals surface area contributed by atoms with E-state index in [-0.39, 0.29) is 19.4 Å². The maximum atomic E-state index is 11.0. The number of hydrogen-bond acceptors (Lipinski definition) is 5. The molecule has 0 spiro atoms. The van der Waals surface area contributed by atoms with Gasteiger partial charge >= 0.3 is 0 Å².